The molecule has 5 heteroatoms. The highest BCUT2D eigenvalue weighted by molar-refractivity contribution is 5.76. The van der Waals surface area contributed by atoms with Crippen LogP contribution in [0.5, 0.6) is 0 Å². The molecule has 1 heterocycles. The number of ether oxygens (including phenoxy) is 2. The third-order valence-electron chi connectivity index (χ3n) is 3.85. The topological polar surface area (TPSA) is 50.8 Å². The fourth-order valence-corrected chi connectivity index (χ4v) is 2.56. The minimum atomic E-state index is 0.128. The highest BCUT2D eigenvalue weighted by Gasteiger charge is 2.20. The van der Waals surface area contributed by atoms with E-state index in [-0.39, 0.29) is 11.9 Å². The van der Waals surface area contributed by atoms with Gasteiger partial charge in [0.1, 0.15) is 0 Å². The van der Waals surface area contributed by atoms with Gasteiger partial charge < -0.3 is 19.7 Å². The maximum atomic E-state index is 12.5. The van der Waals surface area contributed by atoms with Gasteiger partial charge in [-0.2, -0.15) is 0 Å². The van der Waals surface area contributed by atoms with Crippen molar-refractivity contribution >= 4 is 5.91 Å². The summed E-state index contributed by atoms with van der Waals surface area (Å²) in [5.74, 6) is 0.163. The van der Waals surface area contributed by atoms with Crippen molar-refractivity contribution in [2.45, 2.75) is 18.9 Å². The third-order valence-corrected chi connectivity index (χ3v) is 3.85. The first kappa shape index (κ1) is 16.9. The summed E-state index contributed by atoms with van der Waals surface area (Å²) < 4.78 is 10.5. The fraction of sp³-hybridized carbons (Fsp3) is 0.588. The summed E-state index contributed by atoms with van der Waals surface area (Å²) in [5.41, 5.74) is 1.25. The Labute approximate surface area is 132 Å². The lowest BCUT2D eigenvalue weighted by Gasteiger charge is -2.27. The molecule has 1 aliphatic heterocycles. The van der Waals surface area contributed by atoms with Gasteiger partial charge in [-0.3, -0.25) is 4.79 Å². The highest BCUT2D eigenvalue weighted by atomic mass is 16.5. The summed E-state index contributed by atoms with van der Waals surface area (Å²) in [5, 5.41) is 3.33. The molecule has 0 spiro atoms. The normalized spacial score (nSPS) is 18.1. The minimum absolute atomic E-state index is 0.128. The molecule has 1 aromatic rings. The second kappa shape index (κ2) is 9.56. The molecule has 0 bridgehead atoms. The smallest absolute Gasteiger partial charge is 0.224 e. The minimum Gasteiger partial charge on any atom is -0.383 e. The monoisotopic (exact) mass is 306 g/mol. The summed E-state index contributed by atoms with van der Waals surface area (Å²) in [6, 6.07) is 10.4. The van der Waals surface area contributed by atoms with E-state index in [1.807, 2.05) is 23.1 Å². The van der Waals surface area contributed by atoms with E-state index in [2.05, 4.69) is 17.4 Å². The van der Waals surface area contributed by atoms with Crippen LogP contribution in [0.2, 0.25) is 0 Å². The van der Waals surface area contributed by atoms with Crippen LogP contribution in [0.25, 0.3) is 0 Å². The van der Waals surface area contributed by atoms with Crippen LogP contribution in [0.1, 0.15) is 12.0 Å². The van der Waals surface area contributed by atoms with Crippen molar-refractivity contribution < 1.29 is 14.3 Å². The lowest BCUT2D eigenvalue weighted by atomic mass is 10.1. The Morgan fingerprint density at radius 1 is 1.36 bits per heavy atom. The Balaban J connectivity index is 1.85. The number of morpholine rings is 1. The van der Waals surface area contributed by atoms with Gasteiger partial charge in [0, 0.05) is 39.2 Å². The lowest BCUT2D eigenvalue weighted by molar-refractivity contribution is -0.133. The molecule has 0 saturated carbocycles. The van der Waals surface area contributed by atoms with E-state index in [1.54, 1.807) is 7.11 Å². The summed E-state index contributed by atoms with van der Waals surface area (Å²) in [6.45, 7) is 4.08. The van der Waals surface area contributed by atoms with Gasteiger partial charge in [-0.25, -0.2) is 0 Å². The average Bonchev–Trinajstić information content (AvgIpc) is 2.56. The third kappa shape index (κ3) is 5.75. The van der Waals surface area contributed by atoms with Crippen molar-refractivity contribution in [1.29, 1.82) is 0 Å². The van der Waals surface area contributed by atoms with Crippen LogP contribution < -0.4 is 5.32 Å². The number of rotatable bonds is 8. The largest absolute Gasteiger partial charge is 0.383 e. The van der Waals surface area contributed by atoms with E-state index in [0.29, 0.717) is 26.2 Å². The Morgan fingerprint density at radius 3 is 2.86 bits per heavy atom. The molecule has 1 amide bonds. The van der Waals surface area contributed by atoms with E-state index in [1.165, 1.54) is 5.56 Å². The van der Waals surface area contributed by atoms with Gasteiger partial charge >= 0.3 is 0 Å². The van der Waals surface area contributed by atoms with Crippen molar-refractivity contribution in [3.8, 4) is 0 Å². The Bertz CT molecular complexity index is 433. The average molecular weight is 306 g/mol. The van der Waals surface area contributed by atoms with Gasteiger partial charge in [0.2, 0.25) is 5.91 Å². The van der Waals surface area contributed by atoms with E-state index >= 15 is 0 Å². The molecule has 2 rings (SSSR count). The van der Waals surface area contributed by atoms with Crippen molar-refractivity contribution in [3.63, 3.8) is 0 Å². The molecule has 5 nitrogen and oxygen atoms in total. The molecule has 1 aromatic carbocycles. The van der Waals surface area contributed by atoms with Gasteiger partial charge in [-0.05, 0) is 12.0 Å². The van der Waals surface area contributed by atoms with E-state index in [4.69, 9.17) is 9.47 Å². The Morgan fingerprint density at radius 2 is 2.18 bits per heavy atom. The number of nitrogens with zero attached hydrogens (tertiary/aromatic N) is 1. The lowest BCUT2D eigenvalue weighted by Crippen LogP contribution is -2.46. The first-order valence-corrected chi connectivity index (χ1v) is 7.91. The van der Waals surface area contributed by atoms with Crippen molar-refractivity contribution in [2.24, 2.45) is 0 Å². The van der Waals surface area contributed by atoms with Crippen LogP contribution in [0.4, 0.5) is 0 Å². The molecule has 1 atom stereocenters. The quantitative estimate of drug-likeness (QED) is 0.781. The predicted octanol–water partition coefficient (Wildman–Crippen LogP) is 1.08. The van der Waals surface area contributed by atoms with Gasteiger partial charge in [0.05, 0.1) is 19.8 Å². The summed E-state index contributed by atoms with van der Waals surface area (Å²) in [6.07, 6.45) is 1.35. The molecular weight excluding hydrogens is 280 g/mol. The molecule has 1 unspecified atom stereocenters. The SMILES string of the molecule is COCCN(CCc1ccccc1)C(=O)CC1COCCN1. The maximum Gasteiger partial charge on any atom is 0.224 e. The molecule has 22 heavy (non-hydrogen) atoms. The van der Waals surface area contributed by atoms with Crippen molar-refractivity contribution in [2.75, 3.05) is 46.6 Å². The van der Waals surface area contributed by atoms with Crippen LogP contribution in [0.3, 0.4) is 0 Å². The summed E-state index contributed by atoms with van der Waals surface area (Å²) in [4.78, 5) is 14.4. The number of methoxy groups -OCH3 is 1. The van der Waals surface area contributed by atoms with Crippen LogP contribution >= 0.6 is 0 Å². The molecule has 1 N–H and O–H groups in total. The van der Waals surface area contributed by atoms with Gasteiger partial charge in [-0.15, -0.1) is 0 Å². The number of hydrogen-bond acceptors (Lipinski definition) is 4. The molecule has 0 aromatic heterocycles. The number of benzene rings is 1. The number of hydrogen-bond donors (Lipinski definition) is 1. The van der Waals surface area contributed by atoms with Crippen LogP contribution in [-0.4, -0.2) is 63.4 Å². The van der Waals surface area contributed by atoms with Gasteiger partial charge in [0.15, 0.2) is 0 Å². The first-order chi connectivity index (χ1) is 10.8. The predicted molar refractivity (Wildman–Crippen MR) is 85.8 cm³/mol. The fourth-order valence-electron chi connectivity index (χ4n) is 2.56. The van der Waals surface area contributed by atoms with Gasteiger partial charge in [-0.1, -0.05) is 30.3 Å². The zero-order chi connectivity index (χ0) is 15.6. The number of carbonyl (C=O) groups is 1. The standard InChI is InChI=1S/C17H26N2O3/c1-21-12-10-19(9-7-15-5-3-2-4-6-15)17(20)13-16-14-22-11-8-18-16/h2-6,16,18H,7-14H2,1H3. The number of carbonyl (C=O) groups excluding carboxylic acids is 1. The van der Waals surface area contributed by atoms with E-state index in [0.717, 1.165) is 26.1 Å². The number of nitrogens with one attached hydrogen (secondary N) is 1. The molecule has 0 aliphatic carbocycles. The maximum absolute atomic E-state index is 12.5. The van der Waals surface area contributed by atoms with Crippen LogP contribution in [0.15, 0.2) is 30.3 Å². The Hall–Kier alpha value is -1.43. The summed E-state index contributed by atoms with van der Waals surface area (Å²) in [7, 11) is 1.66. The Kier molecular flexibility index (Phi) is 7.36. The molecule has 1 aliphatic rings. The zero-order valence-electron chi connectivity index (χ0n) is 13.3. The second-order valence-corrected chi connectivity index (χ2v) is 5.54. The molecule has 1 saturated heterocycles. The van der Waals surface area contributed by atoms with Crippen LogP contribution in [0, 0.1) is 0 Å². The highest BCUT2D eigenvalue weighted by Crippen LogP contribution is 2.06. The second-order valence-electron chi connectivity index (χ2n) is 5.54. The van der Waals surface area contributed by atoms with E-state index in [9.17, 15) is 4.79 Å². The van der Waals surface area contributed by atoms with Crippen molar-refractivity contribution in [1.82, 2.24) is 10.2 Å². The molecule has 122 valence electrons. The zero-order valence-corrected chi connectivity index (χ0v) is 13.3. The van der Waals surface area contributed by atoms with Crippen molar-refractivity contribution in [3.05, 3.63) is 35.9 Å². The van der Waals surface area contributed by atoms with Crippen LogP contribution in [-0.2, 0) is 20.7 Å². The molecule has 0 radical (unpaired) electrons. The summed E-state index contributed by atoms with van der Waals surface area (Å²) >= 11 is 0. The molecular formula is C17H26N2O3. The molecule has 1 fully saturated rings. The first-order valence-electron chi connectivity index (χ1n) is 7.91. The number of amides is 1. The van der Waals surface area contributed by atoms with Gasteiger partial charge in [0.25, 0.3) is 0 Å². The van der Waals surface area contributed by atoms with E-state index < -0.39 is 0 Å².